The normalized spacial score (nSPS) is 10.9. The summed E-state index contributed by atoms with van der Waals surface area (Å²) in [5, 5.41) is 11.6. The third-order valence-corrected chi connectivity index (χ3v) is 3.59. The first kappa shape index (κ1) is 18.4. The van der Waals surface area contributed by atoms with Gasteiger partial charge in [-0.1, -0.05) is 65.2 Å². The summed E-state index contributed by atoms with van der Waals surface area (Å²) < 4.78 is 0. The third kappa shape index (κ3) is 11.0. The minimum absolute atomic E-state index is 0.0319. The van der Waals surface area contributed by atoms with Crippen molar-refractivity contribution in [3.63, 3.8) is 0 Å². The minimum atomic E-state index is 0.0319. The van der Waals surface area contributed by atoms with Crippen molar-refractivity contribution in [1.29, 1.82) is 0 Å². The quantitative estimate of drug-likeness (QED) is 0.502. The van der Waals surface area contributed by atoms with Crippen LogP contribution in [0.15, 0.2) is 0 Å². The Kier molecular flexibility index (Phi) is 13.4. The lowest BCUT2D eigenvalue weighted by Gasteiger charge is -2.16. The largest absolute Gasteiger partial charge is 0.395 e. The van der Waals surface area contributed by atoms with E-state index in [1.807, 2.05) is 0 Å². The summed E-state index contributed by atoms with van der Waals surface area (Å²) in [6.07, 6.45) is 11.8. The lowest BCUT2D eigenvalue weighted by atomic mass is 9.93. The van der Waals surface area contributed by atoms with Crippen LogP contribution in [0.4, 0.5) is 0 Å². The van der Waals surface area contributed by atoms with E-state index >= 15 is 0 Å². The van der Waals surface area contributed by atoms with Crippen LogP contribution >= 0.6 is 0 Å². The first-order valence-electron chi connectivity index (χ1n) is 8.14. The molecule has 0 radical (unpaired) electrons. The average molecular weight is 271 g/mol. The molecule has 114 valence electrons. The molecule has 0 bridgehead atoms. The molecule has 19 heavy (non-hydrogen) atoms. The van der Waals surface area contributed by atoms with Crippen LogP contribution in [0.3, 0.4) is 0 Å². The molecule has 0 heterocycles. The van der Waals surface area contributed by atoms with Crippen molar-refractivity contribution in [3.05, 3.63) is 0 Å². The van der Waals surface area contributed by atoms with Gasteiger partial charge in [0.2, 0.25) is 5.91 Å². The van der Waals surface area contributed by atoms with Crippen molar-refractivity contribution in [1.82, 2.24) is 5.32 Å². The molecule has 0 saturated carbocycles. The number of rotatable bonds is 13. The molecule has 0 spiro atoms. The van der Waals surface area contributed by atoms with Gasteiger partial charge in [0, 0.05) is 12.5 Å². The highest BCUT2D eigenvalue weighted by Gasteiger charge is 2.16. The number of unbranched alkanes of at least 4 members (excludes halogenated alkanes) is 6. The van der Waals surface area contributed by atoms with E-state index in [9.17, 15) is 4.79 Å². The first-order chi connectivity index (χ1) is 9.26. The van der Waals surface area contributed by atoms with Gasteiger partial charge in [0.15, 0.2) is 0 Å². The molecule has 3 heteroatoms. The summed E-state index contributed by atoms with van der Waals surface area (Å²) >= 11 is 0. The van der Waals surface area contributed by atoms with Gasteiger partial charge in [-0.05, 0) is 12.8 Å². The monoisotopic (exact) mass is 271 g/mol. The van der Waals surface area contributed by atoms with Gasteiger partial charge in [0.25, 0.3) is 0 Å². The standard InChI is InChI=1S/C16H33NO2/c1-3-5-7-9-11-15(12-10-8-6-4-2)16(19)17-13-14-18/h15,18H,3-14H2,1-2H3,(H,17,19). The Bertz CT molecular complexity index is 195. The molecule has 0 fully saturated rings. The zero-order valence-corrected chi connectivity index (χ0v) is 12.9. The fourth-order valence-electron chi connectivity index (χ4n) is 2.36. The maximum Gasteiger partial charge on any atom is 0.223 e. The van der Waals surface area contributed by atoms with Crippen molar-refractivity contribution < 1.29 is 9.90 Å². The predicted octanol–water partition coefficient (Wildman–Crippen LogP) is 3.65. The van der Waals surface area contributed by atoms with Gasteiger partial charge in [-0.25, -0.2) is 0 Å². The molecule has 0 aliphatic heterocycles. The number of hydrogen-bond donors (Lipinski definition) is 2. The molecule has 0 aliphatic rings. The van der Waals surface area contributed by atoms with Gasteiger partial charge >= 0.3 is 0 Å². The maximum absolute atomic E-state index is 12.0. The van der Waals surface area contributed by atoms with Crippen LogP contribution in [0.2, 0.25) is 0 Å². The Morgan fingerprint density at radius 1 is 0.947 bits per heavy atom. The smallest absolute Gasteiger partial charge is 0.223 e. The SMILES string of the molecule is CCCCCCC(CCCCCC)C(=O)NCCO. The molecule has 0 atom stereocenters. The van der Waals surface area contributed by atoms with Crippen LogP contribution in [-0.2, 0) is 4.79 Å². The van der Waals surface area contributed by atoms with Crippen LogP contribution in [0, 0.1) is 5.92 Å². The van der Waals surface area contributed by atoms with Crippen LogP contribution in [0.25, 0.3) is 0 Å². The molecule has 0 aromatic heterocycles. The molecule has 0 aromatic rings. The molecule has 2 N–H and O–H groups in total. The Morgan fingerprint density at radius 2 is 1.47 bits per heavy atom. The number of carbonyl (C=O) groups is 1. The fourth-order valence-corrected chi connectivity index (χ4v) is 2.36. The van der Waals surface area contributed by atoms with Crippen molar-refractivity contribution in [2.24, 2.45) is 5.92 Å². The van der Waals surface area contributed by atoms with E-state index < -0.39 is 0 Å². The Morgan fingerprint density at radius 3 is 1.89 bits per heavy atom. The van der Waals surface area contributed by atoms with Crippen molar-refractivity contribution >= 4 is 5.91 Å². The van der Waals surface area contributed by atoms with Gasteiger partial charge in [-0.2, -0.15) is 0 Å². The highest BCUT2D eigenvalue weighted by atomic mass is 16.3. The Labute approximate surface area is 119 Å². The second-order valence-electron chi connectivity index (χ2n) is 5.41. The number of aliphatic hydroxyl groups excluding tert-OH is 1. The van der Waals surface area contributed by atoms with Gasteiger partial charge in [-0.3, -0.25) is 4.79 Å². The van der Waals surface area contributed by atoms with Gasteiger partial charge in [0.05, 0.1) is 6.61 Å². The lowest BCUT2D eigenvalue weighted by Crippen LogP contribution is -2.32. The van der Waals surface area contributed by atoms with Crippen molar-refractivity contribution in [2.45, 2.75) is 78.1 Å². The van der Waals surface area contributed by atoms with Crippen molar-refractivity contribution in [3.8, 4) is 0 Å². The highest BCUT2D eigenvalue weighted by molar-refractivity contribution is 5.78. The highest BCUT2D eigenvalue weighted by Crippen LogP contribution is 2.18. The van der Waals surface area contributed by atoms with Crippen LogP contribution < -0.4 is 5.32 Å². The van der Waals surface area contributed by atoms with E-state index in [-0.39, 0.29) is 18.4 Å². The summed E-state index contributed by atoms with van der Waals surface area (Å²) in [5.41, 5.74) is 0. The summed E-state index contributed by atoms with van der Waals surface area (Å²) in [7, 11) is 0. The number of carbonyl (C=O) groups excluding carboxylic acids is 1. The maximum atomic E-state index is 12.0. The molecule has 0 unspecified atom stereocenters. The summed E-state index contributed by atoms with van der Waals surface area (Å²) in [5.74, 6) is 0.294. The van der Waals surface area contributed by atoms with E-state index in [0.29, 0.717) is 6.54 Å². The van der Waals surface area contributed by atoms with E-state index in [0.717, 1.165) is 25.7 Å². The fraction of sp³-hybridized carbons (Fsp3) is 0.938. The summed E-state index contributed by atoms with van der Waals surface area (Å²) in [6, 6.07) is 0. The van der Waals surface area contributed by atoms with E-state index in [2.05, 4.69) is 19.2 Å². The number of nitrogens with one attached hydrogen (secondary N) is 1. The summed E-state index contributed by atoms with van der Waals surface area (Å²) in [4.78, 5) is 12.0. The third-order valence-electron chi connectivity index (χ3n) is 3.59. The second kappa shape index (κ2) is 13.9. The number of hydrogen-bond acceptors (Lipinski definition) is 2. The van der Waals surface area contributed by atoms with E-state index in [1.165, 1.54) is 38.5 Å². The van der Waals surface area contributed by atoms with Gasteiger partial charge < -0.3 is 10.4 Å². The number of amides is 1. The molecule has 0 rings (SSSR count). The summed E-state index contributed by atoms with van der Waals surface area (Å²) in [6.45, 7) is 4.83. The van der Waals surface area contributed by atoms with Crippen LogP contribution in [0.5, 0.6) is 0 Å². The molecular formula is C16H33NO2. The Hall–Kier alpha value is -0.570. The lowest BCUT2D eigenvalue weighted by molar-refractivity contribution is -0.125. The molecular weight excluding hydrogens is 238 g/mol. The molecule has 3 nitrogen and oxygen atoms in total. The zero-order chi connectivity index (χ0) is 14.3. The van der Waals surface area contributed by atoms with Crippen LogP contribution in [0.1, 0.15) is 78.1 Å². The van der Waals surface area contributed by atoms with Crippen molar-refractivity contribution in [2.75, 3.05) is 13.2 Å². The van der Waals surface area contributed by atoms with Gasteiger partial charge in [0.1, 0.15) is 0 Å². The Balaban J connectivity index is 3.94. The second-order valence-corrected chi connectivity index (χ2v) is 5.41. The average Bonchev–Trinajstić information content (AvgIpc) is 2.43. The van der Waals surface area contributed by atoms with E-state index in [4.69, 9.17) is 5.11 Å². The number of aliphatic hydroxyl groups is 1. The minimum Gasteiger partial charge on any atom is -0.395 e. The van der Waals surface area contributed by atoms with Crippen LogP contribution in [-0.4, -0.2) is 24.2 Å². The van der Waals surface area contributed by atoms with E-state index in [1.54, 1.807) is 0 Å². The molecule has 1 amide bonds. The molecule has 0 aliphatic carbocycles. The van der Waals surface area contributed by atoms with Gasteiger partial charge in [-0.15, -0.1) is 0 Å². The predicted molar refractivity (Wildman–Crippen MR) is 81.1 cm³/mol. The zero-order valence-electron chi connectivity index (χ0n) is 12.9. The molecule has 0 saturated heterocycles. The topological polar surface area (TPSA) is 49.3 Å². The first-order valence-corrected chi connectivity index (χ1v) is 8.14. The molecule has 0 aromatic carbocycles.